The number of benzene rings is 1. The normalized spacial score (nSPS) is 28.5. The number of hydrogen-bond donors (Lipinski definition) is 1. The maximum Gasteiger partial charge on any atom is 0.316 e. The average Bonchev–Trinajstić information content (AvgIpc) is 2.50. The summed E-state index contributed by atoms with van der Waals surface area (Å²) in [7, 11) is 0. The van der Waals surface area contributed by atoms with Gasteiger partial charge in [0.05, 0.1) is 6.61 Å². The molecule has 116 valence electrons. The summed E-state index contributed by atoms with van der Waals surface area (Å²) in [6.45, 7) is 2.90. The van der Waals surface area contributed by atoms with E-state index in [1.54, 1.807) is 0 Å². The number of piperidine rings is 3. The molecule has 0 radical (unpaired) electrons. The molecule has 1 aromatic carbocycles. The van der Waals surface area contributed by atoms with Crippen molar-refractivity contribution in [2.24, 2.45) is 5.92 Å². The van der Waals surface area contributed by atoms with E-state index < -0.39 is 5.92 Å². The molecule has 1 N–H and O–H groups in total. The van der Waals surface area contributed by atoms with Crippen LogP contribution >= 0.6 is 12.4 Å². The second kappa shape index (κ2) is 7.25. The largest absolute Gasteiger partial charge is 0.460 e. The standard InChI is InChI=1S/C16H21NO3.ClH/c18-11-14(12-4-2-1-3-5-12)16(19)20-15-10-17-8-6-13(15)7-9-17;/h1-5,13-15,18H,6-11H2;1H. The van der Waals surface area contributed by atoms with E-state index in [1.807, 2.05) is 30.3 Å². The van der Waals surface area contributed by atoms with Crippen molar-refractivity contribution in [1.82, 2.24) is 4.90 Å². The molecule has 2 bridgehead atoms. The van der Waals surface area contributed by atoms with Gasteiger partial charge in [0.15, 0.2) is 0 Å². The van der Waals surface area contributed by atoms with Crippen LogP contribution < -0.4 is 0 Å². The number of carbonyl (C=O) groups is 1. The Bertz CT molecular complexity index is 460. The zero-order valence-electron chi connectivity index (χ0n) is 12.0. The molecule has 0 aliphatic carbocycles. The molecule has 5 heteroatoms. The van der Waals surface area contributed by atoms with Crippen molar-refractivity contribution >= 4 is 18.4 Å². The predicted molar refractivity (Wildman–Crippen MR) is 82.6 cm³/mol. The quantitative estimate of drug-likeness (QED) is 0.862. The maximum absolute atomic E-state index is 12.3. The lowest BCUT2D eigenvalue weighted by Crippen LogP contribution is -2.52. The highest BCUT2D eigenvalue weighted by Crippen LogP contribution is 2.30. The molecule has 4 nitrogen and oxygen atoms in total. The summed E-state index contributed by atoms with van der Waals surface area (Å²) in [4.78, 5) is 14.7. The fourth-order valence-corrected chi connectivity index (χ4v) is 3.28. The van der Waals surface area contributed by atoms with Gasteiger partial charge in [-0.25, -0.2) is 0 Å². The molecule has 3 aliphatic heterocycles. The number of halogens is 1. The van der Waals surface area contributed by atoms with Gasteiger partial charge >= 0.3 is 5.97 Å². The Morgan fingerprint density at radius 2 is 1.95 bits per heavy atom. The molecule has 0 saturated carbocycles. The second-order valence-corrected chi connectivity index (χ2v) is 5.76. The van der Waals surface area contributed by atoms with Crippen LogP contribution in [0.25, 0.3) is 0 Å². The van der Waals surface area contributed by atoms with E-state index in [-0.39, 0.29) is 31.1 Å². The number of aliphatic hydroxyl groups excluding tert-OH is 1. The van der Waals surface area contributed by atoms with Crippen LogP contribution in [0.4, 0.5) is 0 Å². The summed E-state index contributed by atoms with van der Waals surface area (Å²) in [6, 6.07) is 9.37. The van der Waals surface area contributed by atoms with Gasteiger partial charge in [0.2, 0.25) is 0 Å². The van der Waals surface area contributed by atoms with Gasteiger partial charge < -0.3 is 9.84 Å². The molecule has 3 saturated heterocycles. The number of ether oxygens (including phenoxy) is 1. The van der Waals surface area contributed by atoms with Crippen LogP contribution in [-0.2, 0) is 9.53 Å². The summed E-state index contributed by atoms with van der Waals surface area (Å²) < 4.78 is 5.69. The SMILES string of the molecule is Cl.O=C(OC1CN2CCC1CC2)C(CO)c1ccccc1. The van der Waals surface area contributed by atoms with Gasteiger partial charge in [-0.15, -0.1) is 12.4 Å². The molecule has 0 spiro atoms. The highest BCUT2D eigenvalue weighted by Gasteiger charge is 2.37. The smallest absolute Gasteiger partial charge is 0.316 e. The number of fused-ring (bicyclic) bond motifs is 3. The molecule has 0 amide bonds. The molecular weight excluding hydrogens is 290 g/mol. The third kappa shape index (κ3) is 3.57. The van der Waals surface area contributed by atoms with Gasteiger partial charge in [-0.3, -0.25) is 9.69 Å². The Morgan fingerprint density at radius 1 is 1.29 bits per heavy atom. The third-order valence-electron chi connectivity index (χ3n) is 4.53. The van der Waals surface area contributed by atoms with E-state index in [1.165, 1.54) is 0 Å². The summed E-state index contributed by atoms with van der Waals surface area (Å²) in [6.07, 6.45) is 2.24. The van der Waals surface area contributed by atoms with Gasteiger partial charge in [0, 0.05) is 6.54 Å². The molecule has 2 unspecified atom stereocenters. The summed E-state index contributed by atoms with van der Waals surface area (Å²) in [5.74, 6) is -0.358. The minimum Gasteiger partial charge on any atom is -0.460 e. The number of aliphatic hydroxyl groups is 1. The molecule has 0 aromatic heterocycles. The molecule has 21 heavy (non-hydrogen) atoms. The van der Waals surface area contributed by atoms with Crippen molar-refractivity contribution in [1.29, 1.82) is 0 Å². The van der Waals surface area contributed by atoms with Crippen LogP contribution in [0, 0.1) is 5.92 Å². The molecule has 2 atom stereocenters. The summed E-state index contributed by atoms with van der Waals surface area (Å²) in [5, 5.41) is 9.50. The highest BCUT2D eigenvalue weighted by atomic mass is 35.5. The summed E-state index contributed by atoms with van der Waals surface area (Å²) >= 11 is 0. The molecule has 3 fully saturated rings. The first-order valence-electron chi connectivity index (χ1n) is 7.36. The first-order chi connectivity index (χ1) is 9.78. The number of esters is 1. The van der Waals surface area contributed by atoms with E-state index in [0.29, 0.717) is 5.92 Å². The van der Waals surface area contributed by atoms with Crippen molar-refractivity contribution < 1.29 is 14.6 Å². The van der Waals surface area contributed by atoms with Crippen molar-refractivity contribution in [3.63, 3.8) is 0 Å². The van der Waals surface area contributed by atoms with Gasteiger partial charge in [0.25, 0.3) is 0 Å². The predicted octanol–water partition coefficient (Wildman–Crippen LogP) is 1.82. The van der Waals surface area contributed by atoms with E-state index in [4.69, 9.17) is 4.74 Å². The Balaban J connectivity index is 0.00000161. The van der Waals surface area contributed by atoms with Crippen LogP contribution in [0.5, 0.6) is 0 Å². The minimum atomic E-state index is -0.563. The van der Waals surface area contributed by atoms with Crippen molar-refractivity contribution in [2.45, 2.75) is 24.9 Å². The lowest BCUT2D eigenvalue weighted by Gasteiger charge is -2.44. The molecule has 3 aliphatic rings. The second-order valence-electron chi connectivity index (χ2n) is 5.76. The number of rotatable bonds is 4. The summed E-state index contributed by atoms with van der Waals surface area (Å²) in [5.41, 5.74) is 0.821. The number of carbonyl (C=O) groups excluding carboxylic acids is 1. The fraction of sp³-hybridized carbons (Fsp3) is 0.562. The Hall–Kier alpha value is -1.10. The average molecular weight is 312 g/mol. The topological polar surface area (TPSA) is 49.8 Å². The van der Waals surface area contributed by atoms with Gasteiger partial charge in [0.1, 0.15) is 12.0 Å². The lowest BCUT2D eigenvalue weighted by atomic mass is 9.85. The van der Waals surface area contributed by atoms with E-state index in [2.05, 4.69) is 4.90 Å². The van der Waals surface area contributed by atoms with Gasteiger partial charge in [-0.2, -0.15) is 0 Å². The minimum absolute atomic E-state index is 0. The first-order valence-corrected chi connectivity index (χ1v) is 7.36. The lowest BCUT2D eigenvalue weighted by molar-refractivity contribution is -0.161. The number of nitrogens with zero attached hydrogens (tertiary/aromatic N) is 1. The van der Waals surface area contributed by atoms with Gasteiger partial charge in [-0.1, -0.05) is 30.3 Å². The monoisotopic (exact) mass is 311 g/mol. The Morgan fingerprint density at radius 3 is 2.48 bits per heavy atom. The van der Waals surface area contributed by atoms with Crippen LogP contribution in [0.3, 0.4) is 0 Å². The molecule has 4 rings (SSSR count). The zero-order valence-corrected chi connectivity index (χ0v) is 12.8. The fourth-order valence-electron chi connectivity index (χ4n) is 3.28. The molecular formula is C16H22ClNO3. The molecule has 1 aromatic rings. The Kier molecular flexibility index (Phi) is 5.62. The zero-order chi connectivity index (χ0) is 13.9. The van der Waals surface area contributed by atoms with Crippen LogP contribution in [0.15, 0.2) is 30.3 Å². The van der Waals surface area contributed by atoms with Crippen molar-refractivity contribution in [3.05, 3.63) is 35.9 Å². The van der Waals surface area contributed by atoms with Crippen LogP contribution in [0.1, 0.15) is 24.3 Å². The number of hydrogen-bond acceptors (Lipinski definition) is 4. The van der Waals surface area contributed by atoms with Gasteiger partial charge in [-0.05, 0) is 37.4 Å². The van der Waals surface area contributed by atoms with Crippen molar-refractivity contribution in [3.8, 4) is 0 Å². The van der Waals surface area contributed by atoms with E-state index in [0.717, 1.165) is 38.0 Å². The maximum atomic E-state index is 12.3. The third-order valence-corrected chi connectivity index (χ3v) is 4.53. The van der Waals surface area contributed by atoms with Crippen molar-refractivity contribution in [2.75, 3.05) is 26.2 Å². The van der Waals surface area contributed by atoms with Crippen LogP contribution in [-0.4, -0.2) is 48.3 Å². The van der Waals surface area contributed by atoms with Crippen LogP contribution in [0.2, 0.25) is 0 Å². The van der Waals surface area contributed by atoms with E-state index in [9.17, 15) is 9.90 Å². The van der Waals surface area contributed by atoms with E-state index >= 15 is 0 Å². The Labute approximate surface area is 131 Å². The first kappa shape index (κ1) is 16.3. The highest BCUT2D eigenvalue weighted by molar-refractivity contribution is 5.85. The molecule has 3 heterocycles.